The lowest BCUT2D eigenvalue weighted by Gasteiger charge is -2.25. The van der Waals surface area contributed by atoms with Crippen LogP contribution in [0.2, 0.25) is 5.02 Å². The third-order valence-electron chi connectivity index (χ3n) is 4.85. The molecule has 3 rings (SSSR count). The lowest BCUT2D eigenvalue weighted by Crippen LogP contribution is -2.30. The maximum Gasteiger partial charge on any atom is 0.295 e. The smallest absolute Gasteiger partial charge is 0.295 e. The predicted octanol–water partition coefficient (Wildman–Crippen LogP) is 4.19. The summed E-state index contributed by atoms with van der Waals surface area (Å²) in [5.74, 6) is -1.07. The van der Waals surface area contributed by atoms with Gasteiger partial charge in [0.05, 0.1) is 36.4 Å². The van der Waals surface area contributed by atoms with Crippen LogP contribution >= 0.6 is 11.6 Å². The number of hydrogen-bond acceptors (Lipinski definition) is 5. The Labute approximate surface area is 174 Å². The average molecular weight is 416 g/mol. The first-order valence-corrected chi connectivity index (χ1v) is 9.57. The Morgan fingerprint density at radius 1 is 1.10 bits per heavy atom. The fourth-order valence-corrected chi connectivity index (χ4v) is 3.76. The average Bonchev–Trinajstić information content (AvgIpc) is 2.99. The van der Waals surface area contributed by atoms with Gasteiger partial charge in [0.1, 0.15) is 17.3 Å². The molecule has 1 heterocycles. The Morgan fingerprint density at radius 2 is 1.76 bits per heavy atom. The Bertz CT molecular complexity index is 971. The molecule has 2 aromatic carbocycles. The number of Topliss-reactive ketones (excluding diaryl/α,β-unsaturated/α-hetero) is 1. The fraction of sp³-hybridized carbons (Fsp3) is 0.273. The van der Waals surface area contributed by atoms with E-state index in [0.29, 0.717) is 18.7 Å². The molecule has 0 bridgehead atoms. The number of rotatable bonds is 6. The van der Waals surface area contributed by atoms with Gasteiger partial charge in [0.2, 0.25) is 0 Å². The van der Waals surface area contributed by atoms with Gasteiger partial charge in [0, 0.05) is 12.6 Å². The summed E-state index contributed by atoms with van der Waals surface area (Å²) in [5, 5.41) is 11.4. The van der Waals surface area contributed by atoms with Gasteiger partial charge in [-0.3, -0.25) is 9.59 Å². The third-order valence-corrected chi connectivity index (χ3v) is 5.14. The number of halogens is 1. The number of aliphatic hydroxyl groups is 1. The van der Waals surface area contributed by atoms with Crippen LogP contribution in [0, 0.1) is 0 Å². The van der Waals surface area contributed by atoms with E-state index in [1.54, 1.807) is 0 Å². The van der Waals surface area contributed by atoms with Crippen LogP contribution in [0.5, 0.6) is 11.5 Å². The number of methoxy groups -OCH3 is 2. The summed E-state index contributed by atoms with van der Waals surface area (Å²) in [7, 11) is 2.90. The Balaban J connectivity index is 2.25. The highest BCUT2D eigenvalue weighted by Gasteiger charge is 2.45. The van der Waals surface area contributed by atoms with Gasteiger partial charge in [0.25, 0.3) is 11.7 Å². The zero-order valence-electron chi connectivity index (χ0n) is 16.4. The molecular formula is C22H22ClNO5. The molecule has 2 aromatic rings. The number of carbonyl (C=O) groups excluding carboxylic acids is 2. The Kier molecular flexibility index (Phi) is 6.13. The minimum atomic E-state index is -0.737. The SMILES string of the molecule is CCCN1C(=O)C(=O)/C(=C(/O)c2cc(Cl)c(OC)cc2OC)C1c1ccccc1. The summed E-state index contributed by atoms with van der Waals surface area (Å²) >= 11 is 6.23. The van der Waals surface area contributed by atoms with Gasteiger partial charge in [-0.15, -0.1) is 0 Å². The molecule has 6 nitrogen and oxygen atoms in total. The van der Waals surface area contributed by atoms with Crippen molar-refractivity contribution in [2.75, 3.05) is 20.8 Å². The van der Waals surface area contributed by atoms with Gasteiger partial charge in [-0.1, -0.05) is 48.9 Å². The molecule has 0 spiro atoms. The van der Waals surface area contributed by atoms with E-state index < -0.39 is 17.7 Å². The zero-order chi connectivity index (χ0) is 21.1. The molecule has 1 aliphatic rings. The summed E-state index contributed by atoms with van der Waals surface area (Å²) < 4.78 is 10.5. The van der Waals surface area contributed by atoms with Crippen molar-refractivity contribution < 1.29 is 24.2 Å². The number of amides is 1. The minimum absolute atomic E-state index is 0.00850. The first-order chi connectivity index (χ1) is 13.9. The van der Waals surface area contributed by atoms with Crippen LogP contribution in [0.1, 0.15) is 30.5 Å². The lowest BCUT2D eigenvalue weighted by molar-refractivity contribution is -0.139. The molecule has 1 fully saturated rings. The van der Waals surface area contributed by atoms with Crippen molar-refractivity contribution in [1.29, 1.82) is 0 Å². The number of hydrogen-bond donors (Lipinski definition) is 1. The molecule has 29 heavy (non-hydrogen) atoms. The molecule has 0 radical (unpaired) electrons. The van der Waals surface area contributed by atoms with Gasteiger partial charge in [-0.25, -0.2) is 0 Å². The number of likely N-dealkylation sites (tertiary alicyclic amines) is 1. The van der Waals surface area contributed by atoms with Crippen LogP contribution in [0.3, 0.4) is 0 Å². The van der Waals surface area contributed by atoms with Crippen LogP contribution in [-0.4, -0.2) is 42.5 Å². The molecule has 7 heteroatoms. The van der Waals surface area contributed by atoms with E-state index in [0.717, 1.165) is 5.56 Å². The number of carbonyl (C=O) groups is 2. The molecule has 1 N–H and O–H groups in total. The number of benzene rings is 2. The van der Waals surface area contributed by atoms with Crippen molar-refractivity contribution in [3.05, 3.63) is 64.2 Å². The summed E-state index contributed by atoms with van der Waals surface area (Å²) in [4.78, 5) is 27.1. The first kappa shape index (κ1) is 20.7. The second-order valence-corrected chi connectivity index (χ2v) is 7.00. The van der Waals surface area contributed by atoms with E-state index in [2.05, 4.69) is 0 Å². The fourth-order valence-electron chi connectivity index (χ4n) is 3.52. The van der Waals surface area contributed by atoms with Gasteiger partial charge in [0.15, 0.2) is 0 Å². The number of ether oxygens (including phenoxy) is 2. The number of nitrogens with zero attached hydrogens (tertiary/aromatic N) is 1. The first-order valence-electron chi connectivity index (χ1n) is 9.19. The molecule has 1 aliphatic heterocycles. The Hall–Kier alpha value is -2.99. The highest BCUT2D eigenvalue weighted by Crippen LogP contribution is 2.42. The van der Waals surface area contributed by atoms with Crippen molar-refractivity contribution in [1.82, 2.24) is 4.90 Å². The van der Waals surface area contributed by atoms with Crippen molar-refractivity contribution in [2.45, 2.75) is 19.4 Å². The van der Waals surface area contributed by atoms with Gasteiger partial charge < -0.3 is 19.5 Å². The summed E-state index contributed by atoms with van der Waals surface area (Å²) in [6.45, 7) is 2.31. The van der Waals surface area contributed by atoms with Crippen LogP contribution < -0.4 is 9.47 Å². The van der Waals surface area contributed by atoms with Gasteiger partial charge in [-0.2, -0.15) is 0 Å². The van der Waals surface area contributed by atoms with E-state index in [4.69, 9.17) is 21.1 Å². The van der Waals surface area contributed by atoms with Crippen molar-refractivity contribution >= 4 is 29.1 Å². The maximum atomic E-state index is 12.9. The number of ketones is 1. The van der Waals surface area contributed by atoms with E-state index in [1.165, 1.54) is 31.3 Å². The van der Waals surface area contributed by atoms with Crippen LogP contribution in [0.4, 0.5) is 0 Å². The Morgan fingerprint density at radius 3 is 2.34 bits per heavy atom. The van der Waals surface area contributed by atoms with Crippen LogP contribution in [0.15, 0.2) is 48.0 Å². The van der Waals surface area contributed by atoms with E-state index in [1.807, 2.05) is 37.3 Å². The van der Waals surface area contributed by atoms with E-state index >= 15 is 0 Å². The lowest BCUT2D eigenvalue weighted by atomic mass is 9.95. The molecule has 1 saturated heterocycles. The van der Waals surface area contributed by atoms with Crippen molar-refractivity contribution in [2.24, 2.45) is 0 Å². The normalized spacial score (nSPS) is 18.2. The summed E-state index contributed by atoms with van der Waals surface area (Å²) in [5.41, 5.74) is 0.961. The number of aliphatic hydroxyl groups excluding tert-OH is 1. The third kappa shape index (κ3) is 3.68. The largest absolute Gasteiger partial charge is 0.507 e. The highest BCUT2D eigenvalue weighted by molar-refractivity contribution is 6.46. The molecule has 1 amide bonds. The van der Waals surface area contributed by atoms with Gasteiger partial charge >= 0.3 is 0 Å². The topological polar surface area (TPSA) is 76.1 Å². The van der Waals surface area contributed by atoms with Crippen molar-refractivity contribution in [3.8, 4) is 11.5 Å². The molecule has 1 atom stereocenters. The second-order valence-electron chi connectivity index (χ2n) is 6.59. The maximum absolute atomic E-state index is 12.9. The minimum Gasteiger partial charge on any atom is -0.507 e. The summed E-state index contributed by atoms with van der Waals surface area (Å²) in [6, 6.07) is 11.4. The van der Waals surface area contributed by atoms with E-state index in [-0.39, 0.29) is 27.7 Å². The van der Waals surface area contributed by atoms with Crippen molar-refractivity contribution in [3.63, 3.8) is 0 Å². The molecular weight excluding hydrogens is 394 g/mol. The molecule has 1 unspecified atom stereocenters. The monoisotopic (exact) mass is 415 g/mol. The standard InChI is InChI=1S/C22H22ClNO5/c1-4-10-24-19(13-8-6-5-7-9-13)18(21(26)22(24)27)20(25)14-11-15(23)17(29-3)12-16(14)28-2/h5-9,11-12,19,25H,4,10H2,1-3H3/b20-18+. The highest BCUT2D eigenvalue weighted by atomic mass is 35.5. The quantitative estimate of drug-likeness (QED) is 0.435. The molecule has 0 saturated carbocycles. The zero-order valence-corrected chi connectivity index (χ0v) is 17.2. The molecule has 0 aliphatic carbocycles. The molecule has 152 valence electrons. The van der Waals surface area contributed by atoms with Gasteiger partial charge in [-0.05, 0) is 18.1 Å². The molecule has 0 aromatic heterocycles. The van der Waals surface area contributed by atoms with E-state index in [9.17, 15) is 14.7 Å². The predicted molar refractivity (Wildman–Crippen MR) is 110 cm³/mol. The van der Waals surface area contributed by atoms with Crippen LogP contribution in [0.25, 0.3) is 5.76 Å². The second kappa shape index (κ2) is 8.57. The van der Waals surface area contributed by atoms with Crippen LogP contribution in [-0.2, 0) is 9.59 Å². The summed E-state index contributed by atoms with van der Waals surface area (Å²) in [6.07, 6.45) is 0.675.